The van der Waals surface area contributed by atoms with Crippen LogP contribution in [-0.2, 0) is 0 Å². The molecule has 0 unspecified atom stereocenters. The van der Waals surface area contributed by atoms with Crippen molar-refractivity contribution in [1.82, 2.24) is 9.97 Å². The number of aryl methyl sites for hydroxylation is 2. The molecule has 0 bridgehead atoms. The van der Waals surface area contributed by atoms with Gasteiger partial charge >= 0.3 is 0 Å². The lowest BCUT2D eigenvalue weighted by molar-refractivity contribution is 1.12. The van der Waals surface area contributed by atoms with Gasteiger partial charge in [-0.1, -0.05) is 6.07 Å². The molecule has 0 aliphatic carbocycles. The van der Waals surface area contributed by atoms with Crippen LogP contribution in [0.2, 0.25) is 0 Å². The quantitative estimate of drug-likeness (QED) is 0.717. The first kappa shape index (κ1) is 9.65. The van der Waals surface area contributed by atoms with Crippen molar-refractivity contribution < 1.29 is 0 Å². The van der Waals surface area contributed by atoms with Crippen molar-refractivity contribution in [3.05, 3.63) is 41.9 Å². The minimum Gasteiger partial charge on any atom is -0.399 e. The summed E-state index contributed by atoms with van der Waals surface area (Å²) in [5.74, 6) is 0. The molecule has 2 aromatic rings. The summed E-state index contributed by atoms with van der Waals surface area (Å²) in [6.07, 6.45) is 3.51. The Hall–Kier alpha value is -1.90. The SMILES string of the molecule is Cc1cncc(-c2ccc(N)c(C)c2)n1. The Morgan fingerprint density at radius 1 is 1.13 bits per heavy atom. The van der Waals surface area contributed by atoms with Gasteiger partial charge in [0.05, 0.1) is 17.6 Å². The highest BCUT2D eigenvalue weighted by Crippen LogP contribution is 2.21. The highest BCUT2D eigenvalue weighted by Gasteiger charge is 2.01. The van der Waals surface area contributed by atoms with Gasteiger partial charge in [0.25, 0.3) is 0 Å². The molecule has 3 nitrogen and oxygen atoms in total. The highest BCUT2D eigenvalue weighted by atomic mass is 14.8. The first-order valence-electron chi connectivity index (χ1n) is 4.82. The van der Waals surface area contributed by atoms with Gasteiger partial charge in [0, 0.05) is 17.4 Å². The number of aromatic nitrogens is 2. The summed E-state index contributed by atoms with van der Waals surface area (Å²) in [5, 5.41) is 0. The van der Waals surface area contributed by atoms with E-state index in [1.807, 2.05) is 32.0 Å². The van der Waals surface area contributed by atoms with Crippen LogP contribution >= 0.6 is 0 Å². The summed E-state index contributed by atoms with van der Waals surface area (Å²) >= 11 is 0. The van der Waals surface area contributed by atoms with Gasteiger partial charge in [-0.25, -0.2) is 4.98 Å². The van der Waals surface area contributed by atoms with Crippen molar-refractivity contribution in [2.45, 2.75) is 13.8 Å². The number of nitrogens with two attached hydrogens (primary N) is 1. The van der Waals surface area contributed by atoms with Crippen molar-refractivity contribution in [1.29, 1.82) is 0 Å². The zero-order valence-corrected chi connectivity index (χ0v) is 8.86. The molecule has 0 atom stereocenters. The number of hydrogen-bond acceptors (Lipinski definition) is 3. The zero-order valence-electron chi connectivity index (χ0n) is 8.86. The largest absolute Gasteiger partial charge is 0.399 e. The van der Waals surface area contributed by atoms with E-state index in [0.29, 0.717) is 0 Å². The number of anilines is 1. The molecular formula is C12H13N3. The van der Waals surface area contributed by atoms with Crippen molar-refractivity contribution in [3.8, 4) is 11.3 Å². The minimum absolute atomic E-state index is 0.805. The summed E-state index contributed by atoms with van der Waals surface area (Å²) in [6, 6.07) is 5.89. The fraction of sp³-hybridized carbons (Fsp3) is 0.167. The molecule has 0 aliphatic rings. The van der Waals surface area contributed by atoms with E-state index >= 15 is 0 Å². The zero-order chi connectivity index (χ0) is 10.8. The summed E-state index contributed by atoms with van der Waals surface area (Å²) in [5.41, 5.74) is 10.5. The van der Waals surface area contributed by atoms with Crippen molar-refractivity contribution >= 4 is 5.69 Å². The Bertz CT molecular complexity index is 492. The number of nitrogen functional groups attached to an aromatic ring is 1. The van der Waals surface area contributed by atoms with Crippen LogP contribution in [0.4, 0.5) is 5.69 Å². The third-order valence-corrected chi connectivity index (χ3v) is 2.32. The summed E-state index contributed by atoms with van der Waals surface area (Å²) < 4.78 is 0. The fourth-order valence-corrected chi connectivity index (χ4v) is 1.44. The van der Waals surface area contributed by atoms with Crippen molar-refractivity contribution in [2.24, 2.45) is 0 Å². The molecule has 2 rings (SSSR count). The monoisotopic (exact) mass is 199 g/mol. The molecule has 1 aromatic carbocycles. The van der Waals surface area contributed by atoms with Gasteiger partial charge in [-0.15, -0.1) is 0 Å². The maximum Gasteiger partial charge on any atom is 0.0888 e. The second kappa shape index (κ2) is 3.69. The van der Waals surface area contributed by atoms with Gasteiger partial charge in [0.2, 0.25) is 0 Å². The molecule has 1 aromatic heterocycles. The standard InChI is InChI=1S/C12H13N3/c1-8-5-10(3-4-11(8)13)12-7-14-6-9(2)15-12/h3-7H,13H2,1-2H3. The normalized spacial score (nSPS) is 10.3. The van der Waals surface area contributed by atoms with E-state index in [9.17, 15) is 0 Å². The van der Waals surface area contributed by atoms with Crippen LogP contribution in [0.15, 0.2) is 30.6 Å². The number of hydrogen-bond donors (Lipinski definition) is 1. The molecule has 0 amide bonds. The van der Waals surface area contributed by atoms with Crippen LogP contribution in [0.1, 0.15) is 11.3 Å². The molecular weight excluding hydrogens is 186 g/mol. The predicted molar refractivity (Wildman–Crippen MR) is 61.4 cm³/mol. The molecule has 1 heterocycles. The molecule has 2 N–H and O–H groups in total. The summed E-state index contributed by atoms with van der Waals surface area (Å²) in [7, 11) is 0. The Balaban J connectivity index is 2.50. The van der Waals surface area contributed by atoms with Crippen molar-refractivity contribution in [3.63, 3.8) is 0 Å². The van der Waals surface area contributed by atoms with E-state index < -0.39 is 0 Å². The number of nitrogens with zero attached hydrogens (tertiary/aromatic N) is 2. The third-order valence-electron chi connectivity index (χ3n) is 2.32. The molecule has 0 spiro atoms. The lowest BCUT2D eigenvalue weighted by Gasteiger charge is -2.04. The molecule has 76 valence electrons. The Morgan fingerprint density at radius 3 is 2.60 bits per heavy atom. The smallest absolute Gasteiger partial charge is 0.0888 e. The van der Waals surface area contributed by atoms with Gasteiger partial charge in [-0.3, -0.25) is 4.98 Å². The maximum atomic E-state index is 5.76. The van der Waals surface area contributed by atoms with E-state index in [2.05, 4.69) is 9.97 Å². The van der Waals surface area contributed by atoms with Crippen LogP contribution in [0, 0.1) is 13.8 Å². The second-order valence-corrected chi connectivity index (χ2v) is 3.62. The molecule has 0 fully saturated rings. The fourth-order valence-electron chi connectivity index (χ4n) is 1.44. The molecule has 15 heavy (non-hydrogen) atoms. The van der Waals surface area contributed by atoms with Gasteiger partial charge in [0.15, 0.2) is 0 Å². The second-order valence-electron chi connectivity index (χ2n) is 3.62. The third kappa shape index (κ3) is 1.96. The Kier molecular flexibility index (Phi) is 2.37. The van der Waals surface area contributed by atoms with Gasteiger partial charge in [0.1, 0.15) is 0 Å². The average molecular weight is 199 g/mol. The highest BCUT2D eigenvalue weighted by molar-refractivity contribution is 5.63. The summed E-state index contributed by atoms with van der Waals surface area (Å²) in [4.78, 5) is 8.53. The molecule has 0 radical (unpaired) electrons. The Morgan fingerprint density at radius 2 is 1.93 bits per heavy atom. The van der Waals surface area contributed by atoms with Crippen LogP contribution in [-0.4, -0.2) is 9.97 Å². The van der Waals surface area contributed by atoms with E-state index in [1.54, 1.807) is 12.4 Å². The number of rotatable bonds is 1. The van der Waals surface area contributed by atoms with Crippen LogP contribution < -0.4 is 5.73 Å². The maximum absolute atomic E-state index is 5.76. The van der Waals surface area contributed by atoms with Crippen LogP contribution in [0.25, 0.3) is 11.3 Å². The molecule has 0 aliphatic heterocycles. The van der Waals surface area contributed by atoms with E-state index in [0.717, 1.165) is 28.2 Å². The van der Waals surface area contributed by atoms with Crippen LogP contribution in [0.5, 0.6) is 0 Å². The minimum atomic E-state index is 0.805. The van der Waals surface area contributed by atoms with Crippen molar-refractivity contribution in [2.75, 3.05) is 5.73 Å². The molecule has 0 saturated heterocycles. The summed E-state index contributed by atoms with van der Waals surface area (Å²) in [6.45, 7) is 3.92. The molecule has 3 heteroatoms. The van der Waals surface area contributed by atoms with Gasteiger partial charge in [-0.05, 0) is 31.5 Å². The predicted octanol–water partition coefficient (Wildman–Crippen LogP) is 2.34. The van der Waals surface area contributed by atoms with E-state index in [-0.39, 0.29) is 0 Å². The van der Waals surface area contributed by atoms with E-state index in [4.69, 9.17) is 5.73 Å². The van der Waals surface area contributed by atoms with Gasteiger partial charge < -0.3 is 5.73 Å². The first-order chi connectivity index (χ1) is 7.16. The topological polar surface area (TPSA) is 51.8 Å². The van der Waals surface area contributed by atoms with E-state index in [1.165, 1.54) is 0 Å². The average Bonchev–Trinajstić information content (AvgIpc) is 2.22. The lowest BCUT2D eigenvalue weighted by Crippen LogP contribution is -1.92. The molecule has 0 saturated carbocycles. The number of benzene rings is 1. The van der Waals surface area contributed by atoms with Crippen LogP contribution in [0.3, 0.4) is 0 Å². The Labute approximate surface area is 89.0 Å². The van der Waals surface area contributed by atoms with Gasteiger partial charge in [-0.2, -0.15) is 0 Å². The lowest BCUT2D eigenvalue weighted by atomic mass is 10.1. The first-order valence-corrected chi connectivity index (χ1v) is 4.82.